The summed E-state index contributed by atoms with van der Waals surface area (Å²) < 4.78 is 5.82. The van der Waals surface area contributed by atoms with E-state index in [4.69, 9.17) is 4.74 Å². The molecule has 0 fully saturated rings. The zero-order valence-electron chi connectivity index (χ0n) is 13.3. The maximum absolute atomic E-state index is 12.5. The molecule has 3 heteroatoms. The average molecular weight is 318 g/mol. The number of Topliss-reactive ketones (excluding diaryl/α,β-unsaturated/α-hetero) is 1. The van der Waals surface area contributed by atoms with E-state index in [1.165, 1.54) is 6.08 Å². The van der Waals surface area contributed by atoms with Crippen molar-refractivity contribution in [3.05, 3.63) is 83.6 Å². The molecule has 0 saturated heterocycles. The van der Waals surface area contributed by atoms with Crippen molar-refractivity contribution in [3.63, 3.8) is 0 Å². The van der Waals surface area contributed by atoms with Crippen molar-refractivity contribution in [3.8, 4) is 5.75 Å². The van der Waals surface area contributed by atoms with Gasteiger partial charge in [0.1, 0.15) is 17.1 Å². The van der Waals surface area contributed by atoms with Gasteiger partial charge in [0, 0.05) is 12.8 Å². The highest BCUT2D eigenvalue weighted by Gasteiger charge is 2.26. The molecule has 0 spiro atoms. The van der Waals surface area contributed by atoms with Crippen LogP contribution < -0.4 is 4.74 Å². The number of carbonyl (C=O) groups is 2. The molecule has 0 amide bonds. The van der Waals surface area contributed by atoms with Crippen LogP contribution in [0.1, 0.15) is 24.8 Å². The molecule has 3 nitrogen and oxygen atoms in total. The normalized spacial score (nSPS) is 14.9. The molecule has 0 heterocycles. The van der Waals surface area contributed by atoms with Crippen LogP contribution in [0.2, 0.25) is 0 Å². The molecule has 24 heavy (non-hydrogen) atoms. The first-order valence-electron chi connectivity index (χ1n) is 8.01. The molecule has 0 atom stereocenters. The fourth-order valence-corrected chi connectivity index (χ4v) is 2.64. The first kappa shape index (κ1) is 15.9. The highest BCUT2D eigenvalue weighted by Crippen LogP contribution is 2.26. The lowest BCUT2D eigenvalue weighted by Crippen LogP contribution is -2.20. The Kier molecular flexibility index (Phi) is 5.02. The van der Waals surface area contributed by atoms with E-state index in [2.05, 4.69) is 0 Å². The van der Waals surface area contributed by atoms with Gasteiger partial charge in [0.25, 0.3) is 0 Å². The third-order valence-corrected chi connectivity index (χ3v) is 3.82. The maximum Gasteiger partial charge on any atom is 0.192 e. The van der Waals surface area contributed by atoms with E-state index in [-0.39, 0.29) is 17.1 Å². The van der Waals surface area contributed by atoms with Gasteiger partial charge >= 0.3 is 0 Å². The molecular formula is C21H18O3. The second-order valence-electron chi connectivity index (χ2n) is 5.60. The lowest BCUT2D eigenvalue weighted by molar-refractivity contribution is -0.120. The van der Waals surface area contributed by atoms with Crippen LogP contribution in [-0.2, 0) is 9.59 Å². The minimum atomic E-state index is -0.297. The zero-order chi connectivity index (χ0) is 16.8. The molecule has 0 radical (unpaired) electrons. The molecule has 0 N–H and O–H groups in total. The van der Waals surface area contributed by atoms with E-state index >= 15 is 0 Å². The first-order chi connectivity index (χ1) is 11.7. The minimum Gasteiger partial charge on any atom is -0.461 e. The SMILES string of the molecule is O=C(/C=C/c1ccccc1)C1=C(Oc2ccccc2)CCCC1=O. The van der Waals surface area contributed by atoms with Crippen LogP contribution in [-0.4, -0.2) is 11.6 Å². The summed E-state index contributed by atoms with van der Waals surface area (Å²) in [5, 5.41) is 0. The summed E-state index contributed by atoms with van der Waals surface area (Å²) in [6.07, 6.45) is 4.86. The van der Waals surface area contributed by atoms with Gasteiger partial charge in [-0.05, 0) is 30.2 Å². The number of ether oxygens (including phenoxy) is 1. The molecule has 3 rings (SSSR count). The Morgan fingerprint density at radius 3 is 2.29 bits per heavy atom. The van der Waals surface area contributed by atoms with Gasteiger partial charge in [-0.15, -0.1) is 0 Å². The zero-order valence-corrected chi connectivity index (χ0v) is 13.3. The summed E-state index contributed by atoms with van der Waals surface area (Å²) >= 11 is 0. The van der Waals surface area contributed by atoms with Gasteiger partial charge in [0.05, 0.1) is 0 Å². The standard InChI is InChI=1S/C21H18O3/c22-18-12-7-13-20(24-17-10-5-2-6-11-17)21(18)19(23)15-14-16-8-3-1-4-9-16/h1-6,8-11,14-15H,7,12-13H2/b15-14+. The smallest absolute Gasteiger partial charge is 0.192 e. The molecule has 1 aliphatic rings. The second-order valence-corrected chi connectivity index (χ2v) is 5.60. The van der Waals surface area contributed by atoms with Crippen molar-refractivity contribution in [2.75, 3.05) is 0 Å². The van der Waals surface area contributed by atoms with Gasteiger partial charge in [0.15, 0.2) is 11.6 Å². The summed E-state index contributed by atoms with van der Waals surface area (Å²) in [5.74, 6) is 0.670. The van der Waals surface area contributed by atoms with Crippen LogP contribution in [0.4, 0.5) is 0 Å². The maximum atomic E-state index is 12.5. The number of hydrogen-bond acceptors (Lipinski definition) is 3. The Morgan fingerprint density at radius 1 is 0.917 bits per heavy atom. The number of para-hydroxylation sites is 1. The Hall–Kier alpha value is -2.94. The summed E-state index contributed by atoms with van der Waals surface area (Å²) in [6.45, 7) is 0. The summed E-state index contributed by atoms with van der Waals surface area (Å²) in [4.78, 5) is 24.8. The molecule has 120 valence electrons. The second kappa shape index (κ2) is 7.55. The molecule has 2 aromatic carbocycles. The van der Waals surface area contributed by atoms with Crippen molar-refractivity contribution in [1.29, 1.82) is 0 Å². The monoisotopic (exact) mass is 318 g/mol. The highest BCUT2D eigenvalue weighted by atomic mass is 16.5. The van der Waals surface area contributed by atoms with Crippen LogP contribution >= 0.6 is 0 Å². The number of rotatable bonds is 5. The summed E-state index contributed by atoms with van der Waals surface area (Å²) in [6, 6.07) is 18.8. The fraction of sp³-hybridized carbons (Fsp3) is 0.143. The number of ketones is 2. The summed E-state index contributed by atoms with van der Waals surface area (Å²) in [7, 11) is 0. The van der Waals surface area contributed by atoms with Crippen LogP contribution in [0, 0.1) is 0 Å². The van der Waals surface area contributed by atoms with Crippen LogP contribution in [0.25, 0.3) is 6.08 Å². The highest BCUT2D eigenvalue weighted by molar-refractivity contribution is 6.25. The van der Waals surface area contributed by atoms with Gasteiger partial charge in [-0.3, -0.25) is 9.59 Å². The molecular weight excluding hydrogens is 300 g/mol. The Balaban J connectivity index is 1.86. The number of hydrogen-bond donors (Lipinski definition) is 0. The Morgan fingerprint density at radius 2 is 1.58 bits per heavy atom. The van der Waals surface area contributed by atoms with Gasteiger partial charge in [-0.1, -0.05) is 54.6 Å². The molecule has 1 aliphatic carbocycles. The van der Waals surface area contributed by atoms with Gasteiger partial charge < -0.3 is 4.74 Å². The molecule has 0 aliphatic heterocycles. The van der Waals surface area contributed by atoms with E-state index < -0.39 is 0 Å². The molecule has 0 bridgehead atoms. The van der Waals surface area contributed by atoms with E-state index in [0.717, 1.165) is 5.56 Å². The Bertz CT molecular complexity index is 786. The fourth-order valence-electron chi connectivity index (χ4n) is 2.64. The quantitative estimate of drug-likeness (QED) is 0.608. The lowest BCUT2D eigenvalue weighted by Gasteiger charge is -2.18. The number of carbonyl (C=O) groups excluding carboxylic acids is 2. The number of benzene rings is 2. The summed E-state index contributed by atoms with van der Waals surface area (Å²) in [5.41, 5.74) is 1.09. The Labute approximate surface area is 141 Å². The van der Waals surface area contributed by atoms with Crippen molar-refractivity contribution in [1.82, 2.24) is 0 Å². The third kappa shape index (κ3) is 3.87. The number of allylic oxidation sites excluding steroid dienone is 3. The lowest BCUT2D eigenvalue weighted by atomic mass is 9.93. The minimum absolute atomic E-state index is 0.144. The van der Waals surface area contributed by atoms with Crippen molar-refractivity contribution >= 4 is 17.6 Å². The predicted molar refractivity (Wildman–Crippen MR) is 93.4 cm³/mol. The van der Waals surface area contributed by atoms with E-state index in [0.29, 0.717) is 30.8 Å². The van der Waals surface area contributed by atoms with E-state index in [1.807, 2.05) is 60.7 Å². The predicted octanol–water partition coefficient (Wildman–Crippen LogP) is 4.36. The van der Waals surface area contributed by atoms with Crippen LogP contribution in [0.15, 0.2) is 78.1 Å². The molecule has 2 aromatic rings. The van der Waals surface area contributed by atoms with Crippen LogP contribution in [0.5, 0.6) is 5.75 Å². The van der Waals surface area contributed by atoms with Gasteiger partial charge in [-0.25, -0.2) is 0 Å². The molecule has 0 saturated carbocycles. The van der Waals surface area contributed by atoms with Crippen molar-refractivity contribution in [2.45, 2.75) is 19.3 Å². The van der Waals surface area contributed by atoms with Crippen molar-refractivity contribution in [2.24, 2.45) is 0 Å². The topological polar surface area (TPSA) is 43.4 Å². The van der Waals surface area contributed by atoms with Gasteiger partial charge in [-0.2, -0.15) is 0 Å². The van der Waals surface area contributed by atoms with E-state index in [9.17, 15) is 9.59 Å². The molecule has 0 aromatic heterocycles. The average Bonchev–Trinajstić information content (AvgIpc) is 2.62. The van der Waals surface area contributed by atoms with E-state index in [1.54, 1.807) is 6.08 Å². The van der Waals surface area contributed by atoms with Gasteiger partial charge in [0.2, 0.25) is 0 Å². The largest absolute Gasteiger partial charge is 0.461 e. The van der Waals surface area contributed by atoms with Crippen molar-refractivity contribution < 1.29 is 14.3 Å². The van der Waals surface area contributed by atoms with Crippen LogP contribution in [0.3, 0.4) is 0 Å². The third-order valence-electron chi connectivity index (χ3n) is 3.82. The first-order valence-corrected chi connectivity index (χ1v) is 8.01. The molecule has 0 unspecified atom stereocenters.